The molecule has 1 aromatic carbocycles. The highest BCUT2D eigenvalue weighted by Crippen LogP contribution is 2.25. The molecule has 0 spiro atoms. The molecular formula is C26H37N3O5. The summed E-state index contributed by atoms with van der Waals surface area (Å²) in [6, 6.07) is 4.03. The fraction of sp³-hybridized carbons (Fsp3) is 0.538. The van der Waals surface area contributed by atoms with Gasteiger partial charge in [-0.2, -0.15) is 0 Å². The number of amides is 3. The molecule has 3 amide bonds. The SMILES string of the molecule is CC.CNCCCCC#CCCCOc1cccc(C=O)c1C(=O)N(C)C1CCC(=O)NC1=O. The number of benzene rings is 1. The van der Waals surface area contributed by atoms with E-state index in [0.29, 0.717) is 31.5 Å². The van der Waals surface area contributed by atoms with Crippen molar-refractivity contribution < 1.29 is 23.9 Å². The van der Waals surface area contributed by atoms with Crippen LogP contribution in [0.2, 0.25) is 0 Å². The molecule has 2 rings (SSSR count). The zero-order valence-electron chi connectivity index (χ0n) is 20.7. The van der Waals surface area contributed by atoms with E-state index in [9.17, 15) is 19.2 Å². The Morgan fingerprint density at radius 3 is 2.56 bits per heavy atom. The number of piperidine rings is 1. The van der Waals surface area contributed by atoms with Gasteiger partial charge in [0.15, 0.2) is 6.29 Å². The first-order chi connectivity index (χ1) is 16.5. The Balaban J connectivity index is 0.00000281. The first-order valence-corrected chi connectivity index (χ1v) is 11.9. The smallest absolute Gasteiger partial charge is 0.258 e. The van der Waals surface area contributed by atoms with E-state index >= 15 is 0 Å². The van der Waals surface area contributed by atoms with Crippen LogP contribution in [0, 0.1) is 11.8 Å². The van der Waals surface area contributed by atoms with E-state index in [1.165, 1.54) is 18.0 Å². The van der Waals surface area contributed by atoms with Crippen molar-refractivity contribution >= 4 is 24.0 Å². The maximum absolute atomic E-state index is 13.1. The van der Waals surface area contributed by atoms with Crippen LogP contribution >= 0.6 is 0 Å². The summed E-state index contributed by atoms with van der Waals surface area (Å²) in [4.78, 5) is 49.5. The zero-order chi connectivity index (χ0) is 25.3. The highest BCUT2D eigenvalue weighted by atomic mass is 16.5. The molecule has 0 aliphatic carbocycles. The number of carbonyl (C=O) groups is 4. The van der Waals surface area contributed by atoms with Gasteiger partial charge >= 0.3 is 0 Å². The number of likely N-dealkylation sites (N-methyl/N-ethyl adjacent to an activating group) is 1. The minimum Gasteiger partial charge on any atom is -0.493 e. The lowest BCUT2D eigenvalue weighted by atomic mass is 10.0. The van der Waals surface area contributed by atoms with E-state index in [0.717, 1.165) is 25.8 Å². The molecule has 1 aromatic rings. The Bertz CT molecular complexity index is 888. The molecule has 1 fully saturated rings. The molecule has 2 N–H and O–H groups in total. The van der Waals surface area contributed by atoms with Gasteiger partial charge in [0.1, 0.15) is 11.8 Å². The predicted octanol–water partition coefficient (Wildman–Crippen LogP) is 2.95. The number of ether oxygens (including phenoxy) is 1. The summed E-state index contributed by atoms with van der Waals surface area (Å²) in [5.41, 5.74) is 0.304. The van der Waals surface area contributed by atoms with Crippen molar-refractivity contribution in [1.82, 2.24) is 15.5 Å². The third-order valence-electron chi connectivity index (χ3n) is 5.20. The summed E-state index contributed by atoms with van der Waals surface area (Å²) in [7, 11) is 3.42. The second kappa shape index (κ2) is 16.4. The third-order valence-corrected chi connectivity index (χ3v) is 5.20. The zero-order valence-corrected chi connectivity index (χ0v) is 20.7. The maximum atomic E-state index is 13.1. The van der Waals surface area contributed by atoms with Gasteiger partial charge in [-0.15, -0.1) is 11.8 Å². The van der Waals surface area contributed by atoms with Crippen LogP contribution in [0.1, 0.15) is 79.5 Å². The number of hydrogen-bond acceptors (Lipinski definition) is 6. The van der Waals surface area contributed by atoms with Gasteiger partial charge in [-0.1, -0.05) is 26.0 Å². The quantitative estimate of drug-likeness (QED) is 0.223. The lowest BCUT2D eigenvalue weighted by molar-refractivity contribution is -0.136. The minimum absolute atomic E-state index is 0.116. The van der Waals surface area contributed by atoms with Gasteiger partial charge in [0.25, 0.3) is 5.91 Å². The van der Waals surface area contributed by atoms with E-state index in [1.807, 2.05) is 20.9 Å². The summed E-state index contributed by atoms with van der Waals surface area (Å²) >= 11 is 0. The van der Waals surface area contributed by atoms with Gasteiger partial charge in [0, 0.05) is 31.9 Å². The molecule has 1 heterocycles. The number of nitrogens with one attached hydrogen (secondary N) is 2. The van der Waals surface area contributed by atoms with Gasteiger partial charge in [-0.3, -0.25) is 24.5 Å². The largest absolute Gasteiger partial charge is 0.493 e. The van der Waals surface area contributed by atoms with Crippen LogP contribution < -0.4 is 15.4 Å². The number of aldehydes is 1. The van der Waals surface area contributed by atoms with Crippen LogP contribution in [0.5, 0.6) is 5.75 Å². The Morgan fingerprint density at radius 2 is 1.91 bits per heavy atom. The van der Waals surface area contributed by atoms with Crippen LogP contribution in [0.25, 0.3) is 0 Å². The average molecular weight is 472 g/mol. The van der Waals surface area contributed by atoms with E-state index < -0.39 is 17.9 Å². The normalized spacial score (nSPS) is 14.6. The standard InChI is InChI=1S/C24H31N3O5.C2H6/c1-25-15-8-6-4-3-5-7-9-16-32-20-12-10-11-18(17-28)22(20)24(31)27(2)19-13-14-21(29)26-23(19)30;1-2/h10-12,17,19,25H,4,6-9,13-16H2,1-2H3,(H,26,29,30);1-2H3. The van der Waals surface area contributed by atoms with Crippen LogP contribution in [-0.4, -0.2) is 62.2 Å². The highest BCUT2D eigenvalue weighted by Gasteiger charge is 2.34. The fourth-order valence-electron chi connectivity index (χ4n) is 3.40. The summed E-state index contributed by atoms with van der Waals surface area (Å²) in [6.45, 7) is 5.34. The molecular weight excluding hydrogens is 434 g/mol. The second-order valence-electron chi connectivity index (χ2n) is 7.59. The van der Waals surface area contributed by atoms with Gasteiger partial charge in [0.2, 0.25) is 11.8 Å². The summed E-state index contributed by atoms with van der Waals surface area (Å²) in [5, 5.41) is 5.35. The molecule has 0 saturated carbocycles. The topological polar surface area (TPSA) is 105 Å². The first-order valence-electron chi connectivity index (χ1n) is 11.9. The molecule has 34 heavy (non-hydrogen) atoms. The van der Waals surface area contributed by atoms with E-state index in [-0.39, 0.29) is 29.9 Å². The summed E-state index contributed by atoms with van der Waals surface area (Å²) in [6.07, 6.45) is 5.39. The molecule has 8 nitrogen and oxygen atoms in total. The Morgan fingerprint density at radius 1 is 1.21 bits per heavy atom. The van der Waals surface area contributed by atoms with Crippen LogP contribution in [-0.2, 0) is 9.59 Å². The molecule has 0 radical (unpaired) electrons. The lowest BCUT2D eigenvalue weighted by Gasteiger charge is -2.30. The number of hydrogen-bond donors (Lipinski definition) is 2. The Labute approximate surface area is 202 Å². The van der Waals surface area contributed by atoms with Gasteiger partial charge < -0.3 is 15.0 Å². The van der Waals surface area contributed by atoms with Crippen molar-refractivity contribution in [3.05, 3.63) is 29.3 Å². The molecule has 1 aliphatic heterocycles. The Hall–Kier alpha value is -3.18. The molecule has 1 aliphatic rings. The van der Waals surface area contributed by atoms with Crippen molar-refractivity contribution in [3.63, 3.8) is 0 Å². The third kappa shape index (κ3) is 8.99. The summed E-state index contributed by atoms with van der Waals surface area (Å²) in [5.74, 6) is 5.18. The lowest BCUT2D eigenvalue weighted by Crippen LogP contribution is -2.53. The fourth-order valence-corrected chi connectivity index (χ4v) is 3.40. The monoisotopic (exact) mass is 471 g/mol. The van der Waals surface area contributed by atoms with Crippen LogP contribution in [0.3, 0.4) is 0 Å². The van der Waals surface area contributed by atoms with E-state index in [1.54, 1.807) is 12.1 Å². The van der Waals surface area contributed by atoms with E-state index in [2.05, 4.69) is 22.5 Å². The molecule has 1 atom stereocenters. The van der Waals surface area contributed by atoms with Crippen molar-refractivity contribution in [2.75, 3.05) is 27.2 Å². The number of unbranched alkanes of at least 4 members (excludes halogenated alkanes) is 3. The van der Waals surface area contributed by atoms with Gasteiger partial charge in [0.05, 0.1) is 12.2 Å². The van der Waals surface area contributed by atoms with Crippen LogP contribution in [0.15, 0.2) is 18.2 Å². The molecule has 0 aromatic heterocycles. The van der Waals surface area contributed by atoms with Crippen LogP contribution in [0.4, 0.5) is 0 Å². The van der Waals surface area contributed by atoms with Gasteiger partial charge in [-0.25, -0.2) is 0 Å². The minimum atomic E-state index is -0.781. The number of carbonyl (C=O) groups excluding carboxylic acids is 4. The number of nitrogens with zero attached hydrogens (tertiary/aromatic N) is 1. The second-order valence-corrected chi connectivity index (χ2v) is 7.59. The average Bonchev–Trinajstić information content (AvgIpc) is 2.85. The number of imide groups is 1. The molecule has 1 unspecified atom stereocenters. The van der Waals surface area contributed by atoms with E-state index in [4.69, 9.17) is 4.74 Å². The van der Waals surface area contributed by atoms with Crippen molar-refractivity contribution in [2.45, 2.75) is 64.8 Å². The number of rotatable bonds is 11. The van der Waals surface area contributed by atoms with Crippen molar-refractivity contribution in [3.8, 4) is 17.6 Å². The molecule has 0 bridgehead atoms. The van der Waals surface area contributed by atoms with Crippen molar-refractivity contribution in [1.29, 1.82) is 0 Å². The molecule has 186 valence electrons. The Kier molecular flexibility index (Phi) is 13.9. The van der Waals surface area contributed by atoms with Gasteiger partial charge in [-0.05, 0) is 45.3 Å². The summed E-state index contributed by atoms with van der Waals surface area (Å²) < 4.78 is 5.80. The molecule has 8 heteroatoms. The van der Waals surface area contributed by atoms with Crippen molar-refractivity contribution in [2.24, 2.45) is 0 Å². The molecule has 1 saturated heterocycles. The predicted molar refractivity (Wildman–Crippen MR) is 132 cm³/mol. The first kappa shape index (κ1) is 28.9. The maximum Gasteiger partial charge on any atom is 0.258 e. The highest BCUT2D eigenvalue weighted by molar-refractivity contribution is 6.07.